The maximum atomic E-state index is 12.2. The molecule has 2 rings (SSSR count). The number of hydrogen-bond donors (Lipinski definition) is 5. The molecule has 9 heteroatoms. The van der Waals surface area contributed by atoms with Crippen LogP contribution in [-0.4, -0.2) is 64.7 Å². The van der Waals surface area contributed by atoms with Crippen LogP contribution in [0.2, 0.25) is 0 Å². The van der Waals surface area contributed by atoms with Crippen LogP contribution in [-0.2, 0) is 16.1 Å². The second-order valence-corrected chi connectivity index (χ2v) is 6.88. The lowest BCUT2D eigenvalue weighted by Crippen LogP contribution is -2.51. The number of nitrogens with one attached hydrogen (secondary N) is 3. The summed E-state index contributed by atoms with van der Waals surface area (Å²) in [7, 11) is 0. The van der Waals surface area contributed by atoms with E-state index >= 15 is 0 Å². The van der Waals surface area contributed by atoms with Crippen LogP contribution in [0, 0.1) is 0 Å². The highest BCUT2D eigenvalue weighted by Gasteiger charge is 2.25. The molecular weight excluding hydrogens is 364 g/mol. The Kier molecular flexibility index (Phi) is 8.37. The number of rotatable bonds is 10. The first-order valence-corrected chi connectivity index (χ1v) is 9.42. The highest BCUT2D eigenvalue weighted by Crippen LogP contribution is 2.09. The first kappa shape index (κ1) is 21.8. The van der Waals surface area contributed by atoms with E-state index in [2.05, 4.69) is 10.6 Å². The molecule has 0 bridgehead atoms. The molecule has 154 valence electrons. The summed E-state index contributed by atoms with van der Waals surface area (Å²) in [6, 6.07) is 5.61. The van der Waals surface area contributed by atoms with E-state index in [4.69, 9.17) is 5.21 Å². The lowest BCUT2D eigenvalue weighted by molar-refractivity contribution is -0.133. The highest BCUT2D eigenvalue weighted by atomic mass is 16.5. The lowest BCUT2D eigenvalue weighted by Gasteiger charge is -2.19. The Bertz CT molecular complexity index is 677. The molecule has 0 spiro atoms. The van der Waals surface area contributed by atoms with E-state index in [1.807, 2.05) is 4.90 Å². The number of aliphatic hydroxyl groups excluding tert-OH is 1. The van der Waals surface area contributed by atoms with Crippen LogP contribution < -0.4 is 16.1 Å². The zero-order valence-corrected chi connectivity index (χ0v) is 16.0. The Morgan fingerprint density at radius 2 is 1.96 bits per heavy atom. The van der Waals surface area contributed by atoms with Gasteiger partial charge in [-0.05, 0) is 44.0 Å². The highest BCUT2D eigenvalue weighted by molar-refractivity contribution is 5.97. The number of benzene rings is 1. The Morgan fingerprint density at radius 1 is 1.25 bits per heavy atom. The SMILES string of the molecule is CC(O)C(NC(=O)c1ccc(CNCCCN2CCCC2=O)cc1)C(=O)NO. The van der Waals surface area contributed by atoms with Crippen molar-refractivity contribution in [3.8, 4) is 0 Å². The van der Waals surface area contributed by atoms with Crippen LogP contribution >= 0.6 is 0 Å². The minimum absolute atomic E-state index is 0.239. The fourth-order valence-electron chi connectivity index (χ4n) is 3.04. The van der Waals surface area contributed by atoms with E-state index in [1.54, 1.807) is 24.3 Å². The second kappa shape index (κ2) is 10.7. The van der Waals surface area contributed by atoms with Crippen molar-refractivity contribution in [2.75, 3.05) is 19.6 Å². The zero-order valence-electron chi connectivity index (χ0n) is 16.0. The van der Waals surface area contributed by atoms with Crippen molar-refractivity contribution in [3.05, 3.63) is 35.4 Å². The van der Waals surface area contributed by atoms with Gasteiger partial charge in [0, 0.05) is 31.6 Å². The summed E-state index contributed by atoms with van der Waals surface area (Å²) in [6.07, 6.45) is 1.35. The number of hydrogen-bond acceptors (Lipinski definition) is 6. The van der Waals surface area contributed by atoms with Gasteiger partial charge in [0.05, 0.1) is 6.10 Å². The molecule has 3 amide bonds. The summed E-state index contributed by atoms with van der Waals surface area (Å²) in [6.45, 7) is 4.40. The molecule has 5 N–H and O–H groups in total. The Labute approximate surface area is 164 Å². The molecule has 9 nitrogen and oxygen atoms in total. The molecule has 2 atom stereocenters. The predicted octanol–water partition coefficient (Wildman–Crippen LogP) is -0.227. The molecule has 1 fully saturated rings. The summed E-state index contributed by atoms with van der Waals surface area (Å²) in [4.78, 5) is 37.1. The number of carbonyl (C=O) groups excluding carboxylic acids is 3. The van der Waals surface area contributed by atoms with Crippen molar-refractivity contribution < 1.29 is 24.7 Å². The predicted molar refractivity (Wildman–Crippen MR) is 101 cm³/mol. The number of likely N-dealkylation sites (tertiary alicyclic amines) is 1. The van der Waals surface area contributed by atoms with Crippen molar-refractivity contribution in [2.45, 2.75) is 44.9 Å². The van der Waals surface area contributed by atoms with Crippen molar-refractivity contribution in [2.24, 2.45) is 0 Å². The first-order chi connectivity index (χ1) is 13.4. The van der Waals surface area contributed by atoms with Gasteiger partial charge in [0.25, 0.3) is 11.8 Å². The van der Waals surface area contributed by atoms with Gasteiger partial charge in [0.15, 0.2) is 0 Å². The molecular formula is C19H28N4O5. The van der Waals surface area contributed by atoms with Crippen molar-refractivity contribution in [1.82, 2.24) is 21.0 Å². The number of amides is 3. The summed E-state index contributed by atoms with van der Waals surface area (Å²) in [5, 5.41) is 23.9. The van der Waals surface area contributed by atoms with Gasteiger partial charge in [-0.2, -0.15) is 0 Å². The van der Waals surface area contributed by atoms with E-state index in [9.17, 15) is 19.5 Å². The Hall–Kier alpha value is -2.49. The van der Waals surface area contributed by atoms with Crippen LogP contribution in [0.25, 0.3) is 0 Å². The fraction of sp³-hybridized carbons (Fsp3) is 0.526. The summed E-state index contributed by atoms with van der Waals surface area (Å²) >= 11 is 0. The van der Waals surface area contributed by atoms with Gasteiger partial charge in [-0.25, -0.2) is 5.48 Å². The van der Waals surface area contributed by atoms with Crippen molar-refractivity contribution >= 4 is 17.7 Å². The van der Waals surface area contributed by atoms with Crippen LogP contribution in [0.15, 0.2) is 24.3 Å². The minimum atomic E-state index is -1.25. The van der Waals surface area contributed by atoms with Gasteiger partial charge in [0.2, 0.25) is 5.91 Å². The van der Waals surface area contributed by atoms with E-state index in [1.165, 1.54) is 12.4 Å². The van der Waals surface area contributed by atoms with Crippen LogP contribution in [0.4, 0.5) is 0 Å². The molecule has 0 aromatic heterocycles. The minimum Gasteiger partial charge on any atom is -0.391 e. The topological polar surface area (TPSA) is 131 Å². The van der Waals surface area contributed by atoms with Gasteiger partial charge < -0.3 is 20.6 Å². The molecule has 0 saturated carbocycles. The number of carbonyl (C=O) groups is 3. The number of aliphatic hydroxyl groups is 1. The van der Waals surface area contributed by atoms with Crippen LogP contribution in [0.1, 0.15) is 42.1 Å². The Balaban J connectivity index is 1.75. The van der Waals surface area contributed by atoms with Gasteiger partial charge >= 0.3 is 0 Å². The monoisotopic (exact) mass is 392 g/mol. The van der Waals surface area contributed by atoms with Gasteiger partial charge in [-0.1, -0.05) is 12.1 Å². The summed E-state index contributed by atoms with van der Waals surface area (Å²) in [5.41, 5.74) is 2.76. The van der Waals surface area contributed by atoms with Gasteiger partial charge in [0.1, 0.15) is 6.04 Å². The zero-order chi connectivity index (χ0) is 20.5. The van der Waals surface area contributed by atoms with E-state index < -0.39 is 24.0 Å². The van der Waals surface area contributed by atoms with Gasteiger partial charge in [-0.3, -0.25) is 19.6 Å². The summed E-state index contributed by atoms with van der Waals surface area (Å²) < 4.78 is 0. The third-order valence-corrected chi connectivity index (χ3v) is 4.66. The maximum absolute atomic E-state index is 12.2. The molecule has 1 aliphatic heterocycles. The van der Waals surface area contributed by atoms with Crippen molar-refractivity contribution in [1.29, 1.82) is 0 Å². The standard InChI is InChI=1S/C19H28N4O5/c1-13(24)17(19(27)22-28)21-18(26)15-7-5-14(6-8-15)12-20-9-3-11-23-10-2-4-16(23)25/h5-8,13,17,20,24,28H,2-4,9-12H2,1H3,(H,21,26)(H,22,27). The second-order valence-electron chi connectivity index (χ2n) is 6.88. The third kappa shape index (κ3) is 6.29. The fourth-order valence-corrected chi connectivity index (χ4v) is 3.04. The van der Waals surface area contributed by atoms with E-state index in [-0.39, 0.29) is 5.91 Å². The maximum Gasteiger partial charge on any atom is 0.268 e. The summed E-state index contributed by atoms with van der Waals surface area (Å²) in [5.74, 6) is -1.17. The molecule has 0 aliphatic carbocycles. The average molecular weight is 392 g/mol. The molecule has 1 aliphatic rings. The van der Waals surface area contributed by atoms with E-state index in [0.717, 1.165) is 38.0 Å². The molecule has 28 heavy (non-hydrogen) atoms. The number of hydroxylamine groups is 1. The quantitative estimate of drug-likeness (QED) is 0.212. The first-order valence-electron chi connectivity index (χ1n) is 9.42. The molecule has 1 heterocycles. The average Bonchev–Trinajstić information content (AvgIpc) is 3.10. The number of nitrogens with zero attached hydrogens (tertiary/aromatic N) is 1. The third-order valence-electron chi connectivity index (χ3n) is 4.66. The van der Waals surface area contributed by atoms with Crippen LogP contribution in [0.3, 0.4) is 0 Å². The normalized spacial score (nSPS) is 16.0. The molecule has 1 aromatic carbocycles. The molecule has 1 saturated heterocycles. The lowest BCUT2D eigenvalue weighted by atomic mass is 10.1. The van der Waals surface area contributed by atoms with Crippen molar-refractivity contribution in [3.63, 3.8) is 0 Å². The largest absolute Gasteiger partial charge is 0.391 e. The molecule has 1 aromatic rings. The van der Waals surface area contributed by atoms with Crippen LogP contribution in [0.5, 0.6) is 0 Å². The Morgan fingerprint density at radius 3 is 2.54 bits per heavy atom. The van der Waals surface area contributed by atoms with E-state index in [0.29, 0.717) is 18.5 Å². The smallest absolute Gasteiger partial charge is 0.268 e. The molecule has 0 radical (unpaired) electrons. The van der Waals surface area contributed by atoms with Gasteiger partial charge in [-0.15, -0.1) is 0 Å². The molecule has 2 unspecified atom stereocenters.